The zero-order valence-electron chi connectivity index (χ0n) is 23.2. The highest BCUT2D eigenvalue weighted by Gasteiger charge is 2.34. The van der Waals surface area contributed by atoms with E-state index in [1.807, 2.05) is 13.8 Å². The summed E-state index contributed by atoms with van der Waals surface area (Å²) in [7, 11) is -4.19. The van der Waals surface area contributed by atoms with Gasteiger partial charge in [0.1, 0.15) is 18.4 Å². The zero-order chi connectivity index (χ0) is 29.6. The van der Waals surface area contributed by atoms with Crippen molar-refractivity contribution in [2.75, 3.05) is 10.8 Å². The summed E-state index contributed by atoms with van der Waals surface area (Å²) in [5, 5.41) is 3.38. The van der Waals surface area contributed by atoms with Crippen LogP contribution in [-0.4, -0.2) is 43.8 Å². The van der Waals surface area contributed by atoms with Gasteiger partial charge in [-0.05, 0) is 74.2 Å². The zero-order valence-corrected chi connectivity index (χ0v) is 24.8. The van der Waals surface area contributed by atoms with Gasteiger partial charge in [0, 0.05) is 17.6 Å². The Morgan fingerprint density at radius 3 is 2.29 bits per heavy atom. The van der Waals surface area contributed by atoms with E-state index in [0.717, 1.165) is 35.6 Å². The lowest BCUT2D eigenvalue weighted by molar-refractivity contribution is -0.140. The number of halogens is 2. The topological polar surface area (TPSA) is 86.8 Å². The number of sulfonamides is 1. The van der Waals surface area contributed by atoms with Crippen LogP contribution in [0.3, 0.4) is 0 Å². The van der Waals surface area contributed by atoms with Gasteiger partial charge in [0.15, 0.2) is 0 Å². The number of hydrogen-bond donors (Lipinski definition) is 1. The molecule has 3 aromatic carbocycles. The van der Waals surface area contributed by atoms with Crippen LogP contribution in [0.2, 0.25) is 5.02 Å². The van der Waals surface area contributed by atoms with Gasteiger partial charge in [0.05, 0.1) is 10.6 Å². The fourth-order valence-corrected chi connectivity index (χ4v) is 6.66. The third-order valence-electron chi connectivity index (χ3n) is 7.34. The Bertz CT molecular complexity index is 1460. The largest absolute Gasteiger partial charge is 0.352 e. The summed E-state index contributed by atoms with van der Waals surface area (Å²) >= 11 is 6.22. The van der Waals surface area contributed by atoms with E-state index in [1.54, 1.807) is 42.5 Å². The molecule has 7 nitrogen and oxygen atoms in total. The molecule has 3 aromatic rings. The summed E-state index contributed by atoms with van der Waals surface area (Å²) in [4.78, 5) is 29.0. The molecule has 0 bridgehead atoms. The van der Waals surface area contributed by atoms with Gasteiger partial charge in [-0.15, -0.1) is 0 Å². The maximum absolute atomic E-state index is 14.1. The van der Waals surface area contributed by atoms with E-state index < -0.39 is 34.3 Å². The molecule has 0 heterocycles. The van der Waals surface area contributed by atoms with Gasteiger partial charge >= 0.3 is 0 Å². The lowest BCUT2D eigenvalue weighted by Gasteiger charge is -2.33. The third-order valence-corrected chi connectivity index (χ3v) is 9.36. The molecule has 1 saturated carbocycles. The van der Waals surface area contributed by atoms with Gasteiger partial charge in [0.2, 0.25) is 11.8 Å². The van der Waals surface area contributed by atoms with Crippen molar-refractivity contribution in [2.24, 2.45) is 0 Å². The van der Waals surface area contributed by atoms with Crippen LogP contribution in [0.1, 0.15) is 50.2 Å². The monoisotopic (exact) mass is 599 g/mol. The summed E-state index contributed by atoms with van der Waals surface area (Å²) in [5.74, 6) is -1.28. The van der Waals surface area contributed by atoms with E-state index in [-0.39, 0.29) is 29.1 Å². The van der Waals surface area contributed by atoms with Crippen LogP contribution >= 0.6 is 11.6 Å². The molecule has 1 fully saturated rings. The lowest BCUT2D eigenvalue weighted by Crippen LogP contribution is -2.53. The Labute approximate surface area is 246 Å². The second-order valence-electron chi connectivity index (χ2n) is 10.4. The van der Waals surface area contributed by atoms with Crippen molar-refractivity contribution < 1.29 is 22.4 Å². The summed E-state index contributed by atoms with van der Waals surface area (Å²) < 4.78 is 42.5. The number of carbonyl (C=O) groups excluding carboxylic acids is 2. The molecule has 1 aliphatic carbocycles. The normalized spacial score (nSPS) is 14.4. The molecule has 1 atom stereocenters. The quantitative estimate of drug-likeness (QED) is 0.300. The second kappa shape index (κ2) is 13.5. The van der Waals surface area contributed by atoms with Crippen LogP contribution in [0.5, 0.6) is 0 Å². The van der Waals surface area contributed by atoms with Crippen LogP contribution < -0.4 is 9.62 Å². The summed E-state index contributed by atoms with van der Waals surface area (Å²) in [6, 6.07) is 17.5. The Balaban J connectivity index is 1.71. The summed E-state index contributed by atoms with van der Waals surface area (Å²) in [5.41, 5.74) is 1.72. The predicted octanol–water partition coefficient (Wildman–Crippen LogP) is 5.85. The first kappa shape index (κ1) is 30.5. The Kier molecular flexibility index (Phi) is 10.0. The van der Waals surface area contributed by atoms with Crippen LogP contribution in [0.15, 0.2) is 77.7 Å². The highest BCUT2D eigenvalue weighted by atomic mass is 35.5. The van der Waals surface area contributed by atoms with Crippen molar-refractivity contribution in [2.45, 2.75) is 69.5 Å². The minimum atomic E-state index is -4.19. The summed E-state index contributed by atoms with van der Waals surface area (Å²) in [6.45, 7) is 3.10. The maximum Gasteiger partial charge on any atom is 0.264 e. The summed E-state index contributed by atoms with van der Waals surface area (Å²) in [6.07, 6.45) is 4.14. The number of carbonyl (C=O) groups is 2. The number of hydrogen-bond acceptors (Lipinski definition) is 4. The first-order valence-electron chi connectivity index (χ1n) is 13.8. The minimum Gasteiger partial charge on any atom is -0.352 e. The number of rotatable bonds is 11. The van der Waals surface area contributed by atoms with Gasteiger partial charge in [-0.1, -0.05) is 67.3 Å². The van der Waals surface area contributed by atoms with E-state index in [9.17, 15) is 22.4 Å². The molecule has 2 amide bonds. The van der Waals surface area contributed by atoms with Crippen molar-refractivity contribution in [3.05, 3.63) is 94.8 Å². The fourth-order valence-electron chi connectivity index (χ4n) is 5.07. The first-order chi connectivity index (χ1) is 19.6. The molecular weight excluding hydrogens is 565 g/mol. The number of aryl methyl sites for hydroxylation is 1. The molecule has 1 N–H and O–H groups in total. The number of nitrogens with zero attached hydrogens (tertiary/aromatic N) is 2. The van der Waals surface area contributed by atoms with Gasteiger partial charge in [-0.2, -0.15) is 0 Å². The first-order valence-corrected chi connectivity index (χ1v) is 15.6. The van der Waals surface area contributed by atoms with Crippen LogP contribution in [0.25, 0.3) is 0 Å². The molecule has 4 rings (SSSR count). The molecule has 0 aromatic heterocycles. The van der Waals surface area contributed by atoms with Crippen LogP contribution in [0.4, 0.5) is 10.1 Å². The predicted molar refractivity (Wildman–Crippen MR) is 159 cm³/mol. The highest BCUT2D eigenvalue weighted by Crippen LogP contribution is 2.27. The Hall–Kier alpha value is -3.43. The highest BCUT2D eigenvalue weighted by molar-refractivity contribution is 7.92. The smallest absolute Gasteiger partial charge is 0.264 e. The van der Waals surface area contributed by atoms with Crippen molar-refractivity contribution in [1.29, 1.82) is 0 Å². The molecule has 10 heteroatoms. The van der Waals surface area contributed by atoms with E-state index in [2.05, 4.69) is 5.32 Å². The molecular formula is C31H35ClFN3O4S. The van der Waals surface area contributed by atoms with Crippen molar-refractivity contribution in [3.63, 3.8) is 0 Å². The Morgan fingerprint density at radius 2 is 1.68 bits per heavy atom. The average Bonchev–Trinajstić information content (AvgIpc) is 3.45. The molecule has 0 unspecified atom stereocenters. The number of anilines is 1. The molecule has 0 radical (unpaired) electrons. The third kappa shape index (κ3) is 7.65. The standard InChI is InChI=1S/C31H35ClFN3O4S/c1-3-29(31(38)34-26-8-4-5-9-26)35(20-23-13-15-25(33)16-14-23)30(37)21-36(27-10-6-7-24(32)19-27)41(39,40)28-17-11-22(2)12-18-28/h6-7,10-19,26,29H,3-5,8-9,20-21H2,1-2H3,(H,34,38)/t29-/m1/s1. The van der Waals surface area contributed by atoms with Crippen molar-refractivity contribution >= 4 is 39.1 Å². The molecule has 0 aliphatic heterocycles. The van der Waals surface area contributed by atoms with Crippen LogP contribution in [-0.2, 0) is 26.2 Å². The fraction of sp³-hybridized carbons (Fsp3) is 0.355. The number of amides is 2. The van der Waals surface area contributed by atoms with E-state index in [1.165, 1.54) is 35.2 Å². The lowest BCUT2D eigenvalue weighted by atomic mass is 10.1. The molecule has 218 valence electrons. The van der Waals surface area contributed by atoms with E-state index in [0.29, 0.717) is 17.0 Å². The number of benzene rings is 3. The molecule has 0 spiro atoms. The van der Waals surface area contributed by atoms with Gasteiger partial charge < -0.3 is 10.2 Å². The molecule has 1 aliphatic rings. The maximum atomic E-state index is 14.1. The van der Waals surface area contributed by atoms with Gasteiger partial charge in [-0.3, -0.25) is 13.9 Å². The van der Waals surface area contributed by atoms with Gasteiger partial charge in [-0.25, -0.2) is 12.8 Å². The molecule has 41 heavy (non-hydrogen) atoms. The van der Waals surface area contributed by atoms with Crippen molar-refractivity contribution in [3.8, 4) is 0 Å². The Morgan fingerprint density at radius 1 is 1.02 bits per heavy atom. The van der Waals surface area contributed by atoms with Gasteiger partial charge in [0.25, 0.3) is 10.0 Å². The average molecular weight is 600 g/mol. The second-order valence-corrected chi connectivity index (χ2v) is 12.7. The van der Waals surface area contributed by atoms with E-state index in [4.69, 9.17) is 11.6 Å². The molecule has 0 saturated heterocycles. The van der Waals surface area contributed by atoms with Crippen LogP contribution in [0, 0.1) is 12.7 Å². The number of nitrogens with one attached hydrogen (secondary N) is 1. The SMILES string of the molecule is CC[C@H](C(=O)NC1CCCC1)N(Cc1ccc(F)cc1)C(=O)CN(c1cccc(Cl)c1)S(=O)(=O)c1ccc(C)cc1. The van der Waals surface area contributed by atoms with Crippen molar-refractivity contribution in [1.82, 2.24) is 10.2 Å². The van der Waals surface area contributed by atoms with E-state index >= 15 is 0 Å². The minimum absolute atomic E-state index is 0.00364.